The van der Waals surface area contributed by atoms with Crippen LogP contribution in [0.2, 0.25) is 5.02 Å². The first-order chi connectivity index (χ1) is 17.6. The average Bonchev–Trinajstić information content (AvgIpc) is 3.54. The molecule has 0 aliphatic carbocycles. The topological polar surface area (TPSA) is 94.5 Å². The number of nitrogens with one attached hydrogen (secondary N) is 1. The van der Waals surface area contributed by atoms with Gasteiger partial charge in [0, 0.05) is 34.6 Å². The molecule has 1 N–H and O–H groups in total. The van der Waals surface area contributed by atoms with Gasteiger partial charge in [-0.05, 0) is 54.8 Å². The van der Waals surface area contributed by atoms with Crippen molar-refractivity contribution in [3.63, 3.8) is 0 Å². The van der Waals surface area contributed by atoms with Gasteiger partial charge in [-0.25, -0.2) is 4.79 Å². The number of halogens is 1. The fourth-order valence-electron chi connectivity index (χ4n) is 4.73. The highest BCUT2D eigenvalue weighted by atomic mass is 35.5. The van der Waals surface area contributed by atoms with Crippen LogP contribution in [0.3, 0.4) is 0 Å². The van der Waals surface area contributed by atoms with Gasteiger partial charge in [0.15, 0.2) is 11.5 Å². The van der Waals surface area contributed by atoms with Crippen molar-refractivity contribution in [3.8, 4) is 11.5 Å². The van der Waals surface area contributed by atoms with Crippen LogP contribution in [-0.2, 0) is 17.7 Å². The molecule has 3 heterocycles. The lowest BCUT2D eigenvalue weighted by Gasteiger charge is -2.35. The summed E-state index contributed by atoms with van der Waals surface area (Å²) in [5.41, 5.74) is 3.99. The molecular formula is C26H28ClN5O4. The molecule has 10 heteroatoms. The Morgan fingerprint density at radius 1 is 1.17 bits per heavy atom. The Balaban J connectivity index is 1.45. The van der Waals surface area contributed by atoms with Gasteiger partial charge in [0.1, 0.15) is 6.04 Å². The van der Waals surface area contributed by atoms with Gasteiger partial charge in [-0.3, -0.25) is 4.90 Å². The van der Waals surface area contributed by atoms with Crippen molar-refractivity contribution in [2.24, 2.45) is 0 Å². The normalized spacial score (nSPS) is 15.1. The van der Waals surface area contributed by atoms with E-state index in [9.17, 15) is 4.79 Å². The maximum absolute atomic E-state index is 13.0. The number of fused-ring (bicyclic) bond motifs is 3. The lowest BCUT2D eigenvalue weighted by molar-refractivity contribution is 0.0931. The van der Waals surface area contributed by atoms with E-state index in [0.29, 0.717) is 49.2 Å². The van der Waals surface area contributed by atoms with Crippen LogP contribution in [0.25, 0.3) is 10.9 Å². The van der Waals surface area contributed by atoms with Crippen molar-refractivity contribution in [2.75, 3.05) is 26.9 Å². The highest BCUT2D eigenvalue weighted by molar-refractivity contribution is 6.31. The zero-order valence-electron chi connectivity index (χ0n) is 20.2. The van der Waals surface area contributed by atoms with Crippen molar-refractivity contribution in [2.45, 2.75) is 32.4 Å². The van der Waals surface area contributed by atoms with Crippen molar-refractivity contribution in [3.05, 3.63) is 70.6 Å². The summed E-state index contributed by atoms with van der Waals surface area (Å²) in [4.78, 5) is 19.9. The second-order valence-electron chi connectivity index (χ2n) is 8.49. The van der Waals surface area contributed by atoms with Crippen molar-refractivity contribution in [1.82, 2.24) is 24.9 Å². The Morgan fingerprint density at radius 2 is 2.00 bits per heavy atom. The summed E-state index contributed by atoms with van der Waals surface area (Å²) in [6.07, 6.45) is 4.41. The molecule has 1 unspecified atom stereocenters. The monoisotopic (exact) mass is 509 g/mol. The zero-order valence-corrected chi connectivity index (χ0v) is 21.0. The van der Waals surface area contributed by atoms with Gasteiger partial charge in [0.25, 0.3) is 0 Å². The molecule has 0 radical (unpaired) electrons. The Morgan fingerprint density at radius 3 is 2.78 bits per heavy atom. The smallest absolute Gasteiger partial charge is 0.410 e. The van der Waals surface area contributed by atoms with E-state index < -0.39 is 0 Å². The number of carbonyl (C=O) groups is 1. The van der Waals surface area contributed by atoms with Gasteiger partial charge in [-0.15, -0.1) is 0 Å². The Bertz CT molecular complexity index is 1350. The lowest BCUT2D eigenvalue weighted by Crippen LogP contribution is -2.41. The number of methoxy groups -OCH3 is 1. The molecule has 1 aliphatic rings. The van der Waals surface area contributed by atoms with Gasteiger partial charge in [-0.1, -0.05) is 17.7 Å². The fraction of sp³-hybridized carbons (Fsp3) is 0.346. The summed E-state index contributed by atoms with van der Waals surface area (Å²) >= 11 is 6.29. The third kappa shape index (κ3) is 4.70. The molecule has 1 aliphatic heterocycles. The third-order valence-electron chi connectivity index (χ3n) is 6.32. The summed E-state index contributed by atoms with van der Waals surface area (Å²) in [6, 6.07) is 11.2. The molecule has 0 saturated carbocycles. The molecule has 2 aromatic carbocycles. The number of rotatable bonds is 8. The predicted molar refractivity (Wildman–Crippen MR) is 136 cm³/mol. The summed E-state index contributed by atoms with van der Waals surface area (Å²) < 4.78 is 17.1. The second-order valence-corrected chi connectivity index (χ2v) is 8.93. The van der Waals surface area contributed by atoms with Gasteiger partial charge in [-0.2, -0.15) is 15.0 Å². The largest absolute Gasteiger partial charge is 0.493 e. The van der Waals surface area contributed by atoms with E-state index in [1.165, 1.54) is 0 Å². The maximum atomic E-state index is 13.0. The van der Waals surface area contributed by atoms with Crippen LogP contribution in [0.1, 0.15) is 36.2 Å². The molecule has 0 spiro atoms. The summed E-state index contributed by atoms with van der Waals surface area (Å²) in [5.74, 6) is 1.23. The molecule has 1 amide bonds. The predicted octanol–water partition coefficient (Wildman–Crippen LogP) is 4.99. The van der Waals surface area contributed by atoms with Crippen LogP contribution in [0.4, 0.5) is 4.79 Å². The number of H-pyrrole nitrogens is 1. The van der Waals surface area contributed by atoms with Crippen LogP contribution in [0, 0.1) is 0 Å². The Labute approximate surface area is 213 Å². The van der Waals surface area contributed by atoms with E-state index in [-0.39, 0.29) is 12.1 Å². The number of hydrogen-bond donors (Lipinski definition) is 1. The number of aromatic nitrogens is 4. The minimum Gasteiger partial charge on any atom is -0.493 e. The average molecular weight is 510 g/mol. The van der Waals surface area contributed by atoms with Gasteiger partial charge < -0.3 is 19.2 Å². The quantitative estimate of drug-likeness (QED) is 0.336. The molecule has 36 heavy (non-hydrogen) atoms. The zero-order chi connectivity index (χ0) is 25.1. The van der Waals surface area contributed by atoms with Crippen molar-refractivity contribution in [1.29, 1.82) is 0 Å². The second kappa shape index (κ2) is 10.5. The molecule has 0 saturated heterocycles. The van der Waals surface area contributed by atoms with E-state index in [1.807, 2.05) is 43.3 Å². The lowest BCUT2D eigenvalue weighted by atomic mass is 9.92. The number of benzene rings is 2. The fourth-order valence-corrected chi connectivity index (χ4v) is 4.90. The number of hydrogen-bond acceptors (Lipinski definition) is 6. The number of aromatic amines is 1. The summed E-state index contributed by atoms with van der Waals surface area (Å²) in [5, 5.41) is 9.96. The van der Waals surface area contributed by atoms with Crippen LogP contribution >= 0.6 is 11.6 Å². The number of nitrogens with zero attached hydrogens (tertiary/aromatic N) is 4. The van der Waals surface area contributed by atoms with Gasteiger partial charge >= 0.3 is 6.09 Å². The molecule has 9 nitrogen and oxygen atoms in total. The Kier molecular flexibility index (Phi) is 6.99. The molecule has 0 fully saturated rings. The minimum absolute atomic E-state index is 0.307. The molecule has 5 rings (SSSR count). The molecule has 4 aromatic rings. The van der Waals surface area contributed by atoms with E-state index in [1.54, 1.807) is 29.2 Å². The molecule has 1 atom stereocenters. The molecular weight excluding hydrogens is 482 g/mol. The molecule has 188 valence electrons. The van der Waals surface area contributed by atoms with E-state index in [4.69, 9.17) is 25.8 Å². The van der Waals surface area contributed by atoms with Crippen molar-refractivity contribution >= 4 is 28.6 Å². The van der Waals surface area contributed by atoms with Crippen molar-refractivity contribution < 1.29 is 19.0 Å². The standard InChI is InChI=1S/C26H28ClN5O4/c1-3-35-26(33)31-13-9-19-20-16-18(27)6-7-21(20)30-24(19)25(31)17-5-8-22(23(15-17)34-2)36-14-4-12-32-28-10-11-29-32/h5-8,10-11,15-16,25,30H,3-4,9,12-14H2,1-2H3. The van der Waals surface area contributed by atoms with E-state index in [2.05, 4.69) is 15.2 Å². The number of aryl methyl sites for hydroxylation is 1. The van der Waals surface area contributed by atoms with E-state index in [0.717, 1.165) is 34.1 Å². The van der Waals surface area contributed by atoms with Crippen LogP contribution in [0.15, 0.2) is 48.8 Å². The first kappa shape index (κ1) is 24.0. The highest BCUT2D eigenvalue weighted by Crippen LogP contribution is 2.41. The number of amides is 1. The minimum atomic E-state index is -0.368. The molecule has 0 bridgehead atoms. The number of ether oxygens (including phenoxy) is 3. The maximum Gasteiger partial charge on any atom is 0.410 e. The van der Waals surface area contributed by atoms with Gasteiger partial charge in [0.2, 0.25) is 0 Å². The molecule has 2 aromatic heterocycles. The first-order valence-corrected chi connectivity index (χ1v) is 12.3. The van der Waals surface area contributed by atoms with Gasteiger partial charge in [0.05, 0.1) is 39.3 Å². The van der Waals surface area contributed by atoms with E-state index >= 15 is 0 Å². The first-order valence-electron chi connectivity index (χ1n) is 12.0. The van der Waals surface area contributed by atoms with Crippen LogP contribution < -0.4 is 9.47 Å². The summed E-state index contributed by atoms with van der Waals surface area (Å²) in [7, 11) is 1.61. The Hall–Kier alpha value is -3.72. The highest BCUT2D eigenvalue weighted by Gasteiger charge is 2.36. The summed E-state index contributed by atoms with van der Waals surface area (Å²) in [6.45, 7) is 3.80. The number of carbonyl (C=O) groups excluding carboxylic acids is 1. The SMILES string of the molecule is CCOC(=O)N1CCc2c([nH]c3ccc(Cl)cc23)C1c1ccc(OCCCn2nccn2)c(OC)c1. The van der Waals surface area contributed by atoms with Crippen LogP contribution in [-0.4, -0.2) is 57.8 Å². The third-order valence-corrected chi connectivity index (χ3v) is 6.56. The van der Waals surface area contributed by atoms with Crippen LogP contribution in [0.5, 0.6) is 11.5 Å².